The van der Waals surface area contributed by atoms with E-state index in [1.54, 1.807) is 5.01 Å². The van der Waals surface area contributed by atoms with E-state index < -0.39 is 0 Å². The van der Waals surface area contributed by atoms with Crippen LogP contribution in [-0.2, 0) is 4.79 Å². The van der Waals surface area contributed by atoms with E-state index in [4.69, 9.17) is 11.6 Å². The van der Waals surface area contributed by atoms with E-state index >= 15 is 0 Å². The summed E-state index contributed by atoms with van der Waals surface area (Å²) in [7, 11) is 0. The Balaban J connectivity index is 3.27. The zero-order valence-electron chi connectivity index (χ0n) is 24.8. The van der Waals surface area contributed by atoms with Crippen molar-refractivity contribution < 1.29 is 4.79 Å². The first kappa shape index (κ1) is 36.3. The number of hydrogen-bond acceptors (Lipinski definition) is 6. The van der Waals surface area contributed by atoms with Gasteiger partial charge in [-0.25, -0.2) is 5.01 Å². The average molecular weight is 527 g/mol. The topological polar surface area (TPSA) is 108 Å². The number of unbranched alkanes of at least 4 members (excludes halogenated alkanes) is 16. The largest absolute Gasteiger partial charge is 0.355 e. The van der Waals surface area contributed by atoms with Crippen LogP contribution in [0.5, 0.6) is 0 Å². The summed E-state index contributed by atoms with van der Waals surface area (Å²) < 4.78 is 0. The summed E-state index contributed by atoms with van der Waals surface area (Å²) in [5.41, 5.74) is 5.47. The molecular weight excluding hydrogens is 460 g/mol. The third kappa shape index (κ3) is 31.4. The van der Waals surface area contributed by atoms with Crippen molar-refractivity contribution in [3.63, 3.8) is 0 Å². The number of amides is 1. The van der Waals surface area contributed by atoms with Crippen LogP contribution < -0.4 is 27.5 Å². The number of hydrogen-bond donors (Lipinski definition) is 5. The molecule has 0 saturated carbocycles. The first-order valence-electron chi connectivity index (χ1n) is 16.1. The molecule has 37 heavy (non-hydrogen) atoms. The van der Waals surface area contributed by atoms with Crippen molar-refractivity contribution in [1.29, 1.82) is 0 Å². The summed E-state index contributed by atoms with van der Waals surface area (Å²) in [5.74, 6) is 6.05. The normalized spacial score (nSPS) is 11.5. The maximum atomic E-state index is 12.0. The molecule has 222 valence electrons. The van der Waals surface area contributed by atoms with Crippen LogP contribution in [-0.4, -0.2) is 63.3 Å². The molecule has 0 aliphatic heterocycles. The van der Waals surface area contributed by atoms with Gasteiger partial charge in [0.2, 0.25) is 5.91 Å². The van der Waals surface area contributed by atoms with Gasteiger partial charge in [0.25, 0.3) is 0 Å². The van der Waals surface area contributed by atoms with Gasteiger partial charge in [0.15, 0.2) is 0 Å². The molecule has 1 amide bonds. The Morgan fingerprint density at radius 2 is 1.00 bits per heavy atom. The lowest BCUT2D eigenvalue weighted by Crippen LogP contribution is -2.42. The van der Waals surface area contributed by atoms with Gasteiger partial charge >= 0.3 is 0 Å². The minimum atomic E-state index is 0.0301. The van der Waals surface area contributed by atoms with Gasteiger partial charge in [-0.05, 0) is 64.8 Å². The number of nitrogens with one attached hydrogen (secondary N) is 3. The lowest BCUT2D eigenvalue weighted by Gasteiger charge is -2.16. The third-order valence-electron chi connectivity index (χ3n) is 7.01. The molecule has 0 saturated heterocycles. The van der Waals surface area contributed by atoms with Crippen LogP contribution in [0.4, 0.5) is 0 Å². The van der Waals surface area contributed by atoms with Gasteiger partial charge in [0.1, 0.15) is 0 Å². The van der Waals surface area contributed by atoms with Crippen molar-refractivity contribution in [3.05, 3.63) is 0 Å². The third-order valence-corrected chi connectivity index (χ3v) is 7.01. The first-order valence-corrected chi connectivity index (χ1v) is 16.1. The maximum absolute atomic E-state index is 12.0. The fraction of sp³-hybridized carbons (Fsp3) is 0.967. The molecule has 7 N–H and O–H groups in total. The molecule has 0 aromatic rings. The monoisotopic (exact) mass is 527 g/mol. The van der Waals surface area contributed by atoms with E-state index in [0.717, 1.165) is 58.5 Å². The molecule has 0 fully saturated rings. The summed E-state index contributed by atoms with van der Waals surface area (Å²) in [6.45, 7) is 8.89. The van der Waals surface area contributed by atoms with Crippen molar-refractivity contribution in [1.82, 2.24) is 21.0 Å². The van der Waals surface area contributed by atoms with Crippen molar-refractivity contribution in [2.45, 2.75) is 135 Å². The number of nitrogens with zero attached hydrogens (tertiary/aromatic N) is 1. The van der Waals surface area contributed by atoms with E-state index in [0.29, 0.717) is 13.1 Å². The highest BCUT2D eigenvalue weighted by molar-refractivity contribution is 5.77. The molecular formula is C30H66N6O. The predicted molar refractivity (Wildman–Crippen MR) is 162 cm³/mol. The standard InChI is InChI=1S/C30H66N6O/c1-2-3-4-5-6-7-8-9-10-11-12-13-14-15-16-19-28-36(32)29-30(37)35-27-21-26-34-24-18-17-23-33-25-20-22-31/h33-34H,2-29,31-32H2,1H3,(H,35,37). The lowest BCUT2D eigenvalue weighted by molar-refractivity contribution is -0.122. The second kappa shape index (κ2) is 31.5. The van der Waals surface area contributed by atoms with Crippen LogP contribution in [0.3, 0.4) is 0 Å². The minimum absolute atomic E-state index is 0.0301. The predicted octanol–water partition coefficient (Wildman–Crippen LogP) is 5.24. The number of nitrogens with two attached hydrogens (primary N) is 2. The minimum Gasteiger partial charge on any atom is -0.355 e. The molecule has 0 spiro atoms. The maximum Gasteiger partial charge on any atom is 0.235 e. The van der Waals surface area contributed by atoms with Crippen molar-refractivity contribution in [2.24, 2.45) is 11.6 Å². The average Bonchev–Trinajstić information content (AvgIpc) is 2.89. The zero-order chi connectivity index (χ0) is 27.1. The molecule has 0 bridgehead atoms. The van der Waals surface area contributed by atoms with Crippen LogP contribution >= 0.6 is 0 Å². The van der Waals surface area contributed by atoms with Gasteiger partial charge in [-0.1, -0.05) is 103 Å². The molecule has 0 aliphatic rings. The first-order chi connectivity index (χ1) is 18.2. The van der Waals surface area contributed by atoms with E-state index in [1.807, 2.05) is 0 Å². The summed E-state index contributed by atoms with van der Waals surface area (Å²) in [6, 6.07) is 0. The molecule has 0 unspecified atom stereocenters. The Labute approximate surface area is 231 Å². The molecule has 0 aromatic carbocycles. The van der Waals surface area contributed by atoms with Gasteiger partial charge in [0, 0.05) is 13.1 Å². The second-order valence-corrected chi connectivity index (χ2v) is 10.8. The Hall–Kier alpha value is -0.730. The second-order valence-electron chi connectivity index (χ2n) is 10.8. The molecule has 7 nitrogen and oxygen atoms in total. The Morgan fingerprint density at radius 1 is 0.568 bits per heavy atom. The number of hydrazine groups is 1. The Bertz CT molecular complexity index is 452. The van der Waals surface area contributed by atoms with E-state index in [2.05, 4.69) is 22.9 Å². The molecule has 0 heterocycles. The quantitative estimate of drug-likeness (QED) is 0.0480. The Kier molecular flexibility index (Phi) is 30.9. The number of carbonyl (C=O) groups excluding carboxylic acids is 1. The molecule has 0 radical (unpaired) electrons. The number of rotatable bonds is 31. The highest BCUT2D eigenvalue weighted by Gasteiger charge is 2.06. The van der Waals surface area contributed by atoms with Gasteiger partial charge in [-0.2, -0.15) is 0 Å². The fourth-order valence-corrected chi connectivity index (χ4v) is 4.60. The molecule has 0 atom stereocenters. The zero-order valence-corrected chi connectivity index (χ0v) is 24.8. The fourth-order valence-electron chi connectivity index (χ4n) is 4.60. The lowest BCUT2D eigenvalue weighted by atomic mass is 10.0. The van der Waals surface area contributed by atoms with E-state index in [1.165, 1.54) is 109 Å². The smallest absolute Gasteiger partial charge is 0.235 e. The van der Waals surface area contributed by atoms with Crippen molar-refractivity contribution in [2.75, 3.05) is 52.4 Å². The van der Waals surface area contributed by atoms with Crippen LogP contribution in [0.25, 0.3) is 0 Å². The summed E-state index contributed by atoms with van der Waals surface area (Å²) in [5, 5.41) is 11.5. The summed E-state index contributed by atoms with van der Waals surface area (Å²) in [6.07, 6.45) is 26.2. The van der Waals surface area contributed by atoms with Crippen molar-refractivity contribution in [3.8, 4) is 0 Å². The van der Waals surface area contributed by atoms with E-state index in [-0.39, 0.29) is 5.91 Å². The van der Waals surface area contributed by atoms with Crippen LogP contribution in [0.1, 0.15) is 135 Å². The molecule has 7 heteroatoms. The summed E-state index contributed by atoms with van der Waals surface area (Å²) >= 11 is 0. The molecule has 0 rings (SSSR count). The van der Waals surface area contributed by atoms with Gasteiger partial charge in [0.05, 0.1) is 6.54 Å². The van der Waals surface area contributed by atoms with Crippen molar-refractivity contribution >= 4 is 5.91 Å². The van der Waals surface area contributed by atoms with Crippen LogP contribution in [0, 0.1) is 0 Å². The highest BCUT2D eigenvalue weighted by atomic mass is 16.2. The van der Waals surface area contributed by atoms with Crippen LogP contribution in [0.15, 0.2) is 0 Å². The SMILES string of the molecule is CCCCCCCCCCCCCCCCCCN(N)CC(=O)NCCCNCCCCNCCCN. The number of carbonyl (C=O) groups is 1. The van der Waals surface area contributed by atoms with Crippen LogP contribution in [0.2, 0.25) is 0 Å². The highest BCUT2D eigenvalue weighted by Crippen LogP contribution is 2.13. The molecule has 0 aliphatic carbocycles. The Morgan fingerprint density at radius 3 is 1.49 bits per heavy atom. The van der Waals surface area contributed by atoms with Gasteiger partial charge in [-0.15, -0.1) is 0 Å². The van der Waals surface area contributed by atoms with Gasteiger partial charge in [-0.3, -0.25) is 10.6 Å². The summed E-state index contributed by atoms with van der Waals surface area (Å²) in [4.78, 5) is 12.0. The molecule has 0 aromatic heterocycles. The van der Waals surface area contributed by atoms with E-state index in [9.17, 15) is 4.79 Å². The van der Waals surface area contributed by atoms with Gasteiger partial charge < -0.3 is 21.7 Å².